The Kier molecular flexibility index (Phi) is 9.26. The number of anilines is 2. The highest BCUT2D eigenvalue weighted by Gasteiger charge is 2.17. The van der Waals surface area contributed by atoms with E-state index >= 15 is 0 Å². The van der Waals surface area contributed by atoms with Crippen molar-refractivity contribution >= 4 is 29.0 Å². The van der Waals surface area contributed by atoms with Gasteiger partial charge in [0.2, 0.25) is 5.91 Å². The quantitative estimate of drug-likeness (QED) is 0.234. The third kappa shape index (κ3) is 6.86. The smallest absolute Gasteiger partial charge is 0.234 e. The van der Waals surface area contributed by atoms with Crippen molar-refractivity contribution < 1.29 is 14.3 Å². The molecule has 0 aliphatic heterocycles. The summed E-state index contributed by atoms with van der Waals surface area (Å²) in [5.74, 6) is 2.20. The lowest BCUT2D eigenvalue weighted by Gasteiger charge is -2.21. The number of methoxy groups -OCH3 is 1. The van der Waals surface area contributed by atoms with Gasteiger partial charge in [-0.1, -0.05) is 29.5 Å². The van der Waals surface area contributed by atoms with Crippen molar-refractivity contribution in [2.45, 2.75) is 32.5 Å². The summed E-state index contributed by atoms with van der Waals surface area (Å²) in [5.41, 5.74) is 3.91. The number of nitrogens with zero attached hydrogens (tertiary/aromatic N) is 4. The van der Waals surface area contributed by atoms with Crippen LogP contribution in [0.3, 0.4) is 0 Å². The molecule has 0 bridgehead atoms. The standard InChI is InChI=1S/C29H33N5O3S/c1-5-33(6-2)23-11-9-22(10-12-23)30-28(35)20-38-29-32-31-27(19-37-26-15-7-21(3)8-16-26)34(29)24-13-17-25(36-4)18-14-24/h7-18H,5-6,19-20H2,1-4H3,(H,30,35). The Labute approximate surface area is 228 Å². The minimum Gasteiger partial charge on any atom is -0.497 e. The third-order valence-electron chi connectivity index (χ3n) is 6.03. The van der Waals surface area contributed by atoms with Gasteiger partial charge in [0.15, 0.2) is 11.0 Å². The van der Waals surface area contributed by atoms with Gasteiger partial charge in [0.25, 0.3) is 0 Å². The molecule has 0 radical (unpaired) electrons. The number of aromatic nitrogens is 3. The fraction of sp³-hybridized carbons (Fsp3) is 0.276. The molecule has 4 aromatic rings. The van der Waals surface area contributed by atoms with Gasteiger partial charge in [-0.25, -0.2) is 0 Å². The van der Waals surface area contributed by atoms with Crippen LogP contribution in [0, 0.1) is 6.92 Å². The molecule has 1 heterocycles. The van der Waals surface area contributed by atoms with E-state index in [2.05, 4.69) is 34.3 Å². The maximum atomic E-state index is 12.8. The first-order valence-corrected chi connectivity index (χ1v) is 13.5. The second-order valence-corrected chi connectivity index (χ2v) is 9.53. The van der Waals surface area contributed by atoms with Crippen molar-refractivity contribution in [3.05, 3.63) is 84.2 Å². The number of aryl methyl sites for hydroxylation is 1. The molecule has 1 amide bonds. The molecule has 8 nitrogen and oxygen atoms in total. The zero-order valence-corrected chi connectivity index (χ0v) is 23.0. The Morgan fingerprint density at radius 3 is 2.21 bits per heavy atom. The van der Waals surface area contributed by atoms with Crippen LogP contribution in [0.4, 0.5) is 11.4 Å². The predicted octanol–water partition coefficient (Wildman–Crippen LogP) is 5.74. The monoisotopic (exact) mass is 531 g/mol. The molecule has 0 fully saturated rings. The number of nitrogens with one attached hydrogen (secondary N) is 1. The molecule has 9 heteroatoms. The topological polar surface area (TPSA) is 81.5 Å². The van der Waals surface area contributed by atoms with Crippen LogP contribution in [0.5, 0.6) is 11.5 Å². The minimum absolute atomic E-state index is 0.118. The van der Waals surface area contributed by atoms with Crippen molar-refractivity contribution in [3.8, 4) is 17.2 Å². The molecule has 3 aromatic carbocycles. The molecule has 0 aliphatic carbocycles. The summed E-state index contributed by atoms with van der Waals surface area (Å²) in [5, 5.41) is 12.3. The summed E-state index contributed by atoms with van der Waals surface area (Å²) >= 11 is 1.32. The maximum Gasteiger partial charge on any atom is 0.234 e. The third-order valence-corrected chi connectivity index (χ3v) is 6.96. The van der Waals surface area contributed by atoms with Gasteiger partial charge in [-0.15, -0.1) is 10.2 Å². The van der Waals surface area contributed by atoms with Crippen molar-refractivity contribution in [1.29, 1.82) is 0 Å². The Hall–Kier alpha value is -3.98. The normalized spacial score (nSPS) is 10.7. The van der Waals surface area contributed by atoms with Crippen LogP contribution in [0.1, 0.15) is 25.2 Å². The number of hydrogen-bond donors (Lipinski definition) is 1. The molecule has 198 valence electrons. The second-order valence-electron chi connectivity index (χ2n) is 8.59. The summed E-state index contributed by atoms with van der Waals surface area (Å²) in [4.78, 5) is 15.0. The molecular formula is C29H33N5O3S. The Morgan fingerprint density at radius 1 is 0.921 bits per heavy atom. The predicted molar refractivity (Wildman–Crippen MR) is 153 cm³/mol. The van der Waals surface area contributed by atoms with Gasteiger partial charge in [-0.3, -0.25) is 9.36 Å². The summed E-state index contributed by atoms with van der Waals surface area (Å²) < 4.78 is 13.2. The van der Waals surface area contributed by atoms with E-state index in [1.807, 2.05) is 84.3 Å². The van der Waals surface area contributed by atoms with Crippen LogP contribution < -0.4 is 19.7 Å². The zero-order valence-electron chi connectivity index (χ0n) is 22.2. The van der Waals surface area contributed by atoms with Crippen LogP contribution >= 0.6 is 11.8 Å². The first-order chi connectivity index (χ1) is 18.5. The molecule has 0 aliphatic rings. The Bertz CT molecular complexity index is 1320. The number of amides is 1. The van der Waals surface area contributed by atoms with Gasteiger partial charge in [-0.05, 0) is 81.4 Å². The van der Waals surface area contributed by atoms with Crippen LogP contribution in [0.2, 0.25) is 0 Å². The van der Waals surface area contributed by atoms with Gasteiger partial charge in [0.1, 0.15) is 18.1 Å². The van der Waals surface area contributed by atoms with Crippen molar-refractivity contribution in [3.63, 3.8) is 0 Å². The molecule has 0 saturated heterocycles. The van der Waals surface area contributed by atoms with Gasteiger partial charge in [0, 0.05) is 30.2 Å². The molecule has 1 aromatic heterocycles. The van der Waals surface area contributed by atoms with Crippen LogP contribution in [-0.4, -0.2) is 46.6 Å². The first kappa shape index (κ1) is 27.1. The molecule has 0 saturated carbocycles. The highest BCUT2D eigenvalue weighted by molar-refractivity contribution is 7.99. The van der Waals surface area contributed by atoms with E-state index in [9.17, 15) is 4.79 Å². The van der Waals surface area contributed by atoms with Crippen molar-refractivity contribution in [1.82, 2.24) is 14.8 Å². The molecule has 38 heavy (non-hydrogen) atoms. The lowest BCUT2D eigenvalue weighted by molar-refractivity contribution is -0.113. The zero-order chi connectivity index (χ0) is 26.9. The highest BCUT2D eigenvalue weighted by Crippen LogP contribution is 2.25. The minimum atomic E-state index is -0.118. The van der Waals surface area contributed by atoms with Gasteiger partial charge >= 0.3 is 0 Å². The van der Waals surface area contributed by atoms with E-state index in [0.717, 1.165) is 47.2 Å². The van der Waals surface area contributed by atoms with Gasteiger partial charge in [-0.2, -0.15) is 0 Å². The summed E-state index contributed by atoms with van der Waals surface area (Å²) in [6, 6.07) is 23.4. The fourth-order valence-corrected chi connectivity index (χ4v) is 4.70. The van der Waals surface area contributed by atoms with Gasteiger partial charge < -0.3 is 19.7 Å². The van der Waals surface area contributed by atoms with E-state index in [-0.39, 0.29) is 18.3 Å². The lowest BCUT2D eigenvalue weighted by Crippen LogP contribution is -2.21. The number of hydrogen-bond acceptors (Lipinski definition) is 7. The summed E-state index contributed by atoms with van der Waals surface area (Å²) in [6.07, 6.45) is 0. The molecule has 0 unspecified atom stereocenters. The maximum absolute atomic E-state index is 12.8. The van der Waals surface area contributed by atoms with E-state index in [1.165, 1.54) is 11.8 Å². The second kappa shape index (κ2) is 13.0. The number of carbonyl (C=O) groups excluding carboxylic acids is 1. The van der Waals surface area contributed by atoms with E-state index in [1.54, 1.807) is 7.11 Å². The van der Waals surface area contributed by atoms with Gasteiger partial charge in [0.05, 0.1) is 12.9 Å². The van der Waals surface area contributed by atoms with E-state index in [0.29, 0.717) is 11.0 Å². The SMILES string of the molecule is CCN(CC)c1ccc(NC(=O)CSc2nnc(COc3ccc(C)cc3)n2-c2ccc(OC)cc2)cc1. The molecule has 4 rings (SSSR count). The molecule has 1 N–H and O–H groups in total. The van der Waals surface area contributed by atoms with E-state index in [4.69, 9.17) is 9.47 Å². The van der Waals surface area contributed by atoms with Crippen molar-refractivity contribution in [2.24, 2.45) is 0 Å². The molecular weight excluding hydrogens is 498 g/mol. The Balaban J connectivity index is 1.46. The first-order valence-electron chi connectivity index (χ1n) is 12.6. The van der Waals surface area contributed by atoms with Crippen LogP contribution in [-0.2, 0) is 11.4 Å². The summed E-state index contributed by atoms with van der Waals surface area (Å²) in [6.45, 7) is 8.39. The van der Waals surface area contributed by atoms with Crippen molar-refractivity contribution in [2.75, 3.05) is 36.2 Å². The largest absolute Gasteiger partial charge is 0.497 e. The summed E-state index contributed by atoms with van der Waals surface area (Å²) in [7, 11) is 1.63. The Morgan fingerprint density at radius 2 is 1.58 bits per heavy atom. The van der Waals surface area contributed by atoms with Crippen LogP contribution in [0.25, 0.3) is 5.69 Å². The number of rotatable bonds is 12. The highest BCUT2D eigenvalue weighted by atomic mass is 32.2. The fourth-order valence-electron chi connectivity index (χ4n) is 3.93. The number of thioether (sulfide) groups is 1. The molecule has 0 atom stereocenters. The number of benzene rings is 3. The lowest BCUT2D eigenvalue weighted by atomic mass is 10.2. The van der Waals surface area contributed by atoms with E-state index < -0.39 is 0 Å². The molecule has 0 spiro atoms. The number of carbonyl (C=O) groups is 1. The van der Waals surface area contributed by atoms with Crippen LogP contribution in [0.15, 0.2) is 78.0 Å². The average Bonchev–Trinajstić information content (AvgIpc) is 3.36. The average molecular weight is 532 g/mol. The number of ether oxygens (including phenoxy) is 2.